The Morgan fingerprint density at radius 3 is 2.36 bits per heavy atom. The average molecular weight is 314 g/mol. The summed E-state index contributed by atoms with van der Waals surface area (Å²) >= 11 is 5.84. The second-order valence-corrected chi connectivity index (χ2v) is 5.70. The fourth-order valence-corrected chi connectivity index (χ4v) is 2.31. The fraction of sp³-hybridized carbons (Fsp3) is 0.211. The van der Waals surface area contributed by atoms with Crippen molar-refractivity contribution < 1.29 is 4.79 Å². The Bertz CT molecular complexity index is 644. The zero-order valence-electron chi connectivity index (χ0n) is 12.8. The van der Waals surface area contributed by atoms with Crippen molar-refractivity contribution in [3.8, 4) is 0 Å². The van der Waals surface area contributed by atoms with Crippen molar-refractivity contribution in [3.63, 3.8) is 0 Å². The molecule has 1 atom stereocenters. The maximum absolute atomic E-state index is 12.1. The molecule has 2 aromatic rings. The van der Waals surface area contributed by atoms with Crippen LogP contribution < -0.4 is 5.32 Å². The predicted molar refractivity (Wildman–Crippen MR) is 92.8 cm³/mol. The maximum atomic E-state index is 12.1. The van der Waals surface area contributed by atoms with E-state index in [1.165, 1.54) is 5.56 Å². The van der Waals surface area contributed by atoms with Crippen LogP contribution in [0.3, 0.4) is 0 Å². The van der Waals surface area contributed by atoms with E-state index in [2.05, 4.69) is 43.4 Å². The summed E-state index contributed by atoms with van der Waals surface area (Å²) < 4.78 is 0. The van der Waals surface area contributed by atoms with E-state index < -0.39 is 0 Å². The van der Waals surface area contributed by atoms with E-state index in [4.69, 9.17) is 11.6 Å². The van der Waals surface area contributed by atoms with Gasteiger partial charge in [0.05, 0.1) is 6.04 Å². The summed E-state index contributed by atoms with van der Waals surface area (Å²) in [7, 11) is 0. The molecule has 0 bridgehead atoms. The van der Waals surface area contributed by atoms with E-state index in [-0.39, 0.29) is 11.9 Å². The number of carbonyl (C=O) groups excluding carboxylic acids is 1. The van der Waals surface area contributed by atoms with Gasteiger partial charge in [0.1, 0.15) is 0 Å². The minimum absolute atomic E-state index is 0.0305. The van der Waals surface area contributed by atoms with Gasteiger partial charge in [-0.2, -0.15) is 0 Å². The van der Waals surface area contributed by atoms with Crippen LogP contribution in [0.4, 0.5) is 0 Å². The van der Waals surface area contributed by atoms with Crippen molar-refractivity contribution in [1.82, 2.24) is 5.32 Å². The number of halogens is 1. The standard InChI is InChI=1S/C19H20ClNO/c1-3-18(16-9-4-14(2)5-10-16)21-19(22)13-8-15-6-11-17(20)12-7-15/h4-13,18H,3H2,1-2H3,(H,21,22)/b13-8+/t18-/m1/s1. The lowest BCUT2D eigenvalue weighted by atomic mass is 10.0. The van der Waals surface area contributed by atoms with Crippen molar-refractivity contribution in [2.75, 3.05) is 0 Å². The Kier molecular flexibility index (Phi) is 5.79. The molecule has 0 aliphatic rings. The molecule has 114 valence electrons. The molecule has 0 spiro atoms. The van der Waals surface area contributed by atoms with Crippen LogP contribution in [0.15, 0.2) is 54.6 Å². The molecular weight excluding hydrogens is 294 g/mol. The van der Waals surface area contributed by atoms with Gasteiger partial charge >= 0.3 is 0 Å². The van der Waals surface area contributed by atoms with Gasteiger partial charge in [-0.25, -0.2) is 0 Å². The lowest BCUT2D eigenvalue weighted by Crippen LogP contribution is -2.26. The van der Waals surface area contributed by atoms with Gasteiger partial charge in [-0.1, -0.05) is 60.5 Å². The summed E-state index contributed by atoms with van der Waals surface area (Å²) in [6.45, 7) is 4.12. The van der Waals surface area contributed by atoms with Crippen LogP contribution in [0, 0.1) is 6.92 Å². The summed E-state index contributed by atoms with van der Waals surface area (Å²) in [5.41, 5.74) is 3.29. The third kappa shape index (κ3) is 4.74. The summed E-state index contributed by atoms with van der Waals surface area (Å²) in [4.78, 5) is 12.1. The first-order valence-electron chi connectivity index (χ1n) is 7.39. The van der Waals surface area contributed by atoms with E-state index in [1.54, 1.807) is 24.3 Å². The summed E-state index contributed by atoms with van der Waals surface area (Å²) in [5, 5.41) is 3.72. The number of amides is 1. The quantitative estimate of drug-likeness (QED) is 0.779. The molecule has 0 aromatic heterocycles. The van der Waals surface area contributed by atoms with E-state index >= 15 is 0 Å². The summed E-state index contributed by atoms with van der Waals surface area (Å²) in [6, 6.07) is 15.6. The molecule has 0 fully saturated rings. The van der Waals surface area contributed by atoms with Crippen molar-refractivity contribution in [3.05, 3.63) is 76.3 Å². The van der Waals surface area contributed by atoms with E-state index in [0.29, 0.717) is 5.02 Å². The molecule has 0 radical (unpaired) electrons. The molecule has 0 heterocycles. The average Bonchev–Trinajstić information content (AvgIpc) is 2.53. The number of hydrogen-bond acceptors (Lipinski definition) is 1. The van der Waals surface area contributed by atoms with E-state index in [1.807, 2.05) is 12.1 Å². The Hall–Kier alpha value is -2.06. The molecule has 22 heavy (non-hydrogen) atoms. The van der Waals surface area contributed by atoms with Crippen LogP contribution in [0.2, 0.25) is 5.02 Å². The van der Waals surface area contributed by atoms with Gasteiger partial charge in [-0.15, -0.1) is 0 Å². The Balaban J connectivity index is 2.00. The number of hydrogen-bond donors (Lipinski definition) is 1. The molecule has 0 saturated carbocycles. The minimum atomic E-state index is -0.0950. The summed E-state index contributed by atoms with van der Waals surface area (Å²) in [6.07, 6.45) is 4.19. The highest BCUT2D eigenvalue weighted by molar-refractivity contribution is 6.30. The van der Waals surface area contributed by atoms with Crippen molar-refractivity contribution in [1.29, 1.82) is 0 Å². The number of benzene rings is 2. The molecule has 3 heteroatoms. The molecule has 1 N–H and O–H groups in total. The van der Waals surface area contributed by atoms with Crippen LogP contribution in [-0.4, -0.2) is 5.91 Å². The molecule has 2 rings (SSSR count). The molecular formula is C19H20ClNO. The monoisotopic (exact) mass is 313 g/mol. The van der Waals surface area contributed by atoms with Crippen molar-refractivity contribution >= 4 is 23.6 Å². The third-order valence-corrected chi connectivity index (χ3v) is 3.75. The van der Waals surface area contributed by atoms with Crippen LogP contribution in [0.5, 0.6) is 0 Å². The highest BCUT2D eigenvalue weighted by atomic mass is 35.5. The highest BCUT2D eigenvalue weighted by Crippen LogP contribution is 2.17. The normalized spacial score (nSPS) is 12.3. The molecule has 0 aliphatic carbocycles. The number of aryl methyl sites for hydroxylation is 1. The van der Waals surface area contributed by atoms with Gasteiger partial charge in [0.25, 0.3) is 0 Å². The van der Waals surface area contributed by atoms with Crippen LogP contribution in [-0.2, 0) is 4.79 Å². The Morgan fingerprint density at radius 2 is 1.77 bits per heavy atom. The fourth-order valence-electron chi connectivity index (χ4n) is 2.19. The summed E-state index contributed by atoms with van der Waals surface area (Å²) in [5.74, 6) is -0.0950. The van der Waals surface area contributed by atoms with Gasteiger partial charge in [-0.3, -0.25) is 4.79 Å². The van der Waals surface area contributed by atoms with Gasteiger partial charge in [-0.05, 0) is 42.7 Å². The lowest BCUT2D eigenvalue weighted by molar-refractivity contribution is -0.117. The number of rotatable bonds is 5. The third-order valence-electron chi connectivity index (χ3n) is 3.50. The topological polar surface area (TPSA) is 29.1 Å². The first-order chi connectivity index (χ1) is 10.6. The Labute approximate surface area is 136 Å². The van der Waals surface area contributed by atoms with Gasteiger partial charge < -0.3 is 5.32 Å². The molecule has 2 nitrogen and oxygen atoms in total. The Morgan fingerprint density at radius 1 is 1.14 bits per heavy atom. The smallest absolute Gasteiger partial charge is 0.244 e. The SMILES string of the molecule is CC[C@@H](NC(=O)/C=C/c1ccc(Cl)cc1)c1ccc(C)cc1. The largest absolute Gasteiger partial charge is 0.346 e. The second kappa shape index (κ2) is 7.81. The molecule has 1 amide bonds. The van der Waals surface area contributed by atoms with Crippen LogP contribution in [0.1, 0.15) is 36.1 Å². The van der Waals surface area contributed by atoms with Crippen molar-refractivity contribution in [2.45, 2.75) is 26.3 Å². The zero-order chi connectivity index (χ0) is 15.9. The van der Waals surface area contributed by atoms with E-state index in [0.717, 1.165) is 17.5 Å². The molecule has 0 aliphatic heterocycles. The molecule has 2 aromatic carbocycles. The highest BCUT2D eigenvalue weighted by Gasteiger charge is 2.10. The number of carbonyl (C=O) groups is 1. The lowest BCUT2D eigenvalue weighted by Gasteiger charge is -2.16. The minimum Gasteiger partial charge on any atom is -0.346 e. The first-order valence-corrected chi connectivity index (χ1v) is 7.77. The molecule has 0 saturated heterocycles. The predicted octanol–water partition coefficient (Wildman–Crippen LogP) is 4.93. The number of nitrogens with one attached hydrogen (secondary N) is 1. The maximum Gasteiger partial charge on any atom is 0.244 e. The van der Waals surface area contributed by atoms with Crippen LogP contribution >= 0.6 is 11.6 Å². The van der Waals surface area contributed by atoms with Gasteiger partial charge in [0.15, 0.2) is 0 Å². The van der Waals surface area contributed by atoms with Gasteiger partial charge in [0.2, 0.25) is 5.91 Å². The van der Waals surface area contributed by atoms with E-state index in [9.17, 15) is 4.79 Å². The molecule has 0 unspecified atom stereocenters. The zero-order valence-corrected chi connectivity index (χ0v) is 13.6. The first kappa shape index (κ1) is 16.3. The van der Waals surface area contributed by atoms with Crippen molar-refractivity contribution in [2.24, 2.45) is 0 Å². The van der Waals surface area contributed by atoms with Crippen LogP contribution in [0.25, 0.3) is 6.08 Å². The van der Waals surface area contributed by atoms with Gasteiger partial charge in [0, 0.05) is 11.1 Å². The second-order valence-electron chi connectivity index (χ2n) is 5.26.